The van der Waals surface area contributed by atoms with Crippen molar-refractivity contribution in [2.45, 2.75) is 30.0 Å². The average molecular weight is 455 g/mol. The lowest BCUT2D eigenvalue weighted by atomic mass is 9.92. The summed E-state index contributed by atoms with van der Waals surface area (Å²) in [5.74, 6) is -0.227. The number of piperidine rings is 1. The number of nitrogens with one attached hydrogen (secondary N) is 1. The van der Waals surface area contributed by atoms with Crippen molar-refractivity contribution in [1.82, 2.24) is 9.62 Å². The molecule has 1 aliphatic rings. The Bertz CT molecular complexity index is 1120. The number of hydrogen-bond acceptors (Lipinski definition) is 4. The largest absolute Gasteiger partial charge is 0.345 e. The normalized spacial score (nSPS) is 16.7. The molecule has 3 aromatic rings. The molecular formula is C24H26N2O3S2. The van der Waals surface area contributed by atoms with E-state index in [0.717, 1.165) is 16.7 Å². The molecule has 1 amide bonds. The summed E-state index contributed by atoms with van der Waals surface area (Å²) >= 11 is 1.23. The van der Waals surface area contributed by atoms with Gasteiger partial charge in [0.2, 0.25) is 5.91 Å². The van der Waals surface area contributed by atoms with Crippen LogP contribution in [0.1, 0.15) is 35.6 Å². The molecule has 0 aliphatic carbocycles. The second-order valence-electron chi connectivity index (χ2n) is 7.82. The lowest BCUT2D eigenvalue weighted by Crippen LogP contribution is -2.43. The fourth-order valence-electron chi connectivity index (χ4n) is 4.05. The summed E-state index contributed by atoms with van der Waals surface area (Å²) in [5.41, 5.74) is 3.22. The van der Waals surface area contributed by atoms with E-state index >= 15 is 0 Å². The van der Waals surface area contributed by atoms with Crippen LogP contribution in [0.5, 0.6) is 0 Å². The van der Waals surface area contributed by atoms with Gasteiger partial charge in [-0.05, 0) is 47.9 Å². The van der Waals surface area contributed by atoms with Gasteiger partial charge in [0.15, 0.2) is 0 Å². The highest BCUT2D eigenvalue weighted by atomic mass is 32.2. The summed E-state index contributed by atoms with van der Waals surface area (Å²) in [4.78, 5) is 13.2. The molecule has 0 spiro atoms. The van der Waals surface area contributed by atoms with Gasteiger partial charge in [0.05, 0.1) is 6.04 Å². The van der Waals surface area contributed by atoms with E-state index in [9.17, 15) is 13.2 Å². The zero-order chi connectivity index (χ0) is 21.8. The van der Waals surface area contributed by atoms with Gasteiger partial charge in [-0.25, -0.2) is 8.42 Å². The number of thiophene rings is 1. The number of benzene rings is 2. The van der Waals surface area contributed by atoms with Gasteiger partial charge in [-0.3, -0.25) is 4.79 Å². The first-order valence-electron chi connectivity index (χ1n) is 10.4. The van der Waals surface area contributed by atoms with Crippen LogP contribution in [-0.4, -0.2) is 31.7 Å². The lowest BCUT2D eigenvalue weighted by Gasteiger charge is -2.31. The predicted octanol–water partition coefficient (Wildman–Crippen LogP) is 4.36. The standard InChI is InChI=1S/C24H26N2O3S2/c1-18-8-5-6-11-21(18)23(19-9-3-2-4-10-19)25-24(27)20-13-15-26(16-14-20)31(28,29)22-12-7-17-30-22/h2-12,17,20,23H,13-16H2,1H3,(H,25,27)/t23-/m1/s1. The maximum absolute atomic E-state index is 13.2. The molecule has 1 aliphatic heterocycles. The van der Waals surface area contributed by atoms with Gasteiger partial charge in [0.1, 0.15) is 4.21 Å². The SMILES string of the molecule is Cc1ccccc1[C@H](NC(=O)C1CCN(S(=O)(=O)c2cccs2)CC1)c1ccccc1. The fraction of sp³-hybridized carbons (Fsp3) is 0.292. The molecule has 0 saturated carbocycles. The van der Waals surface area contributed by atoms with Crippen molar-refractivity contribution in [1.29, 1.82) is 0 Å². The molecule has 0 bridgehead atoms. The summed E-state index contributed by atoms with van der Waals surface area (Å²) in [6, 6.07) is 21.2. The van der Waals surface area contributed by atoms with E-state index < -0.39 is 10.0 Å². The van der Waals surface area contributed by atoms with Crippen LogP contribution < -0.4 is 5.32 Å². The van der Waals surface area contributed by atoms with E-state index in [1.165, 1.54) is 15.6 Å². The zero-order valence-electron chi connectivity index (χ0n) is 17.4. The van der Waals surface area contributed by atoms with Crippen molar-refractivity contribution in [3.63, 3.8) is 0 Å². The van der Waals surface area contributed by atoms with Gasteiger partial charge in [0, 0.05) is 19.0 Å². The minimum Gasteiger partial charge on any atom is -0.345 e. The van der Waals surface area contributed by atoms with Crippen LogP contribution in [-0.2, 0) is 14.8 Å². The molecule has 7 heteroatoms. The summed E-state index contributed by atoms with van der Waals surface area (Å²) in [6.07, 6.45) is 1.04. The molecule has 0 radical (unpaired) electrons. The van der Waals surface area contributed by atoms with E-state index in [1.807, 2.05) is 61.5 Å². The lowest BCUT2D eigenvalue weighted by molar-refractivity contribution is -0.126. The molecule has 1 fully saturated rings. The van der Waals surface area contributed by atoms with Crippen molar-refractivity contribution < 1.29 is 13.2 Å². The van der Waals surface area contributed by atoms with Crippen molar-refractivity contribution in [3.05, 3.63) is 88.8 Å². The van der Waals surface area contributed by atoms with Crippen LogP contribution in [0.3, 0.4) is 0 Å². The Morgan fingerprint density at radius 1 is 1.00 bits per heavy atom. The molecule has 1 saturated heterocycles. The van der Waals surface area contributed by atoms with Crippen LogP contribution in [0.15, 0.2) is 76.3 Å². The minimum absolute atomic E-state index is 0.0229. The van der Waals surface area contributed by atoms with Gasteiger partial charge >= 0.3 is 0 Å². The molecule has 31 heavy (non-hydrogen) atoms. The fourth-order valence-corrected chi connectivity index (χ4v) is 6.67. The van der Waals surface area contributed by atoms with E-state index in [0.29, 0.717) is 30.1 Å². The molecule has 2 heterocycles. The molecule has 1 aromatic heterocycles. The summed E-state index contributed by atoms with van der Waals surface area (Å²) in [6.45, 7) is 2.77. The highest BCUT2D eigenvalue weighted by molar-refractivity contribution is 7.91. The van der Waals surface area contributed by atoms with E-state index in [1.54, 1.807) is 17.5 Å². The topological polar surface area (TPSA) is 66.5 Å². The molecule has 5 nitrogen and oxygen atoms in total. The van der Waals surface area contributed by atoms with Gasteiger partial charge in [0.25, 0.3) is 10.0 Å². The molecule has 0 unspecified atom stereocenters. The van der Waals surface area contributed by atoms with E-state index in [2.05, 4.69) is 5.32 Å². The van der Waals surface area contributed by atoms with Gasteiger partial charge in [-0.1, -0.05) is 60.7 Å². The first-order valence-corrected chi connectivity index (χ1v) is 12.7. The number of carbonyl (C=O) groups is 1. The van der Waals surface area contributed by atoms with E-state index in [-0.39, 0.29) is 17.9 Å². The Kier molecular flexibility index (Phi) is 6.55. The smallest absolute Gasteiger partial charge is 0.252 e. The number of amides is 1. The molecule has 162 valence electrons. The first-order chi connectivity index (χ1) is 15.0. The Morgan fingerprint density at radius 3 is 2.32 bits per heavy atom. The van der Waals surface area contributed by atoms with Crippen LogP contribution in [0.2, 0.25) is 0 Å². The highest BCUT2D eigenvalue weighted by Gasteiger charge is 2.33. The Hall–Kier alpha value is -2.48. The molecule has 2 aromatic carbocycles. The summed E-state index contributed by atoms with van der Waals surface area (Å²) in [7, 11) is -3.46. The third-order valence-corrected chi connectivity index (χ3v) is 9.10. The van der Waals surface area contributed by atoms with Gasteiger partial charge in [-0.2, -0.15) is 4.31 Å². The van der Waals surface area contributed by atoms with Gasteiger partial charge < -0.3 is 5.32 Å². The maximum Gasteiger partial charge on any atom is 0.252 e. The van der Waals surface area contributed by atoms with Crippen molar-refractivity contribution in [2.75, 3.05) is 13.1 Å². The van der Waals surface area contributed by atoms with Crippen LogP contribution in [0.25, 0.3) is 0 Å². The van der Waals surface area contributed by atoms with Crippen molar-refractivity contribution >= 4 is 27.3 Å². The quantitative estimate of drug-likeness (QED) is 0.602. The predicted molar refractivity (Wildman–Crippen MR) is 123 cm³/mol. The zero-order valence-corrected chi connectivity index (χ0v) is 19.0. The highest BCUT2D eigenvalue weighted by Crippen LogP contribution is 2.29. The second-order valence-corrected chi connectivity index (χ2v) is 10.9. The van der Waals surface area contributed by atoms with Crippen LogP contribution in [0.4, 0.5) is 0 Å². The van der Waals surface area contributed by atoms with Crippen molar-refractivity contribution in [2.24, 2.45) is 5.92 Å². The van der Waals surface area contributed by atoms with Crippen LogP contribution in [0, 0.1) is 12.8 Å². The first kappa shape index (κ1) is 21.7. The van der Waals surface area contributed by atoms with Gasteiger partial charge in [-0.15, -0.1) is 11.3 Å². The number of rotatable bonds is 6. The Morgan fingerprint density at radius 2 is 1.68 bits per heavy atom. The molecular weight excluding hydrogens is 428 g/mol. The third-order valence-electron chi connectivity index (χ3n) is 5.83. The average Bonchev–Trinajstić information content (AvgIpc) is 3.35. The monoisotopic (exact) mass is 454 g/mol. The summed E-state index contributed by atoms with van der Waals surface area (Å²) in [5, 5.41) is 5.00. The van der Waals surface area contributed by atoms with E-state index in [4.69, 9.17) is 0 Å². The third kappa shape index (κ3) is 4.74. The Balaban J connectivity index is 1.47. The number of nitrogens with zero attached hydrogens (tertiary/aromatic N) is 1. The minimum atomic E-state index is -3.46. The Labute approximate surface area is 187 Å². The number of carbonyl (C=O) groups excluding carboxylic acids is 1. The second kappa shape index (κ2) is 9.34. The molecule has 4 rings (SSSR count). The molecule has 1 atom stereocenters. The van der Waals surface area contributed by atoms with Crippen LogP contribution >= 0.6 is 11.3 Å². The van der Waals surface area contributed by atoms with Crippen molar-refractivity contribution in [3.8, 4) is 0 Å². The summed E-state index contributed by atoms with van der Waals surface area (Å²) < 4.78 is 27.4. The molecule has 1 N–H and O–H groups in total. The number of aryl methyl sites for hydroxylation is 1. The maximum atomic E-state index is 13.2. The number of sulfonamides is 1. The number of hydrogen-bond donors (Lipinski definition) is 1.